The van der Waals surface area contributed by atoms with E-state index in [4.69, 9.17) is 0 Å². The lowest BCUT2D eigenvalue weighted by atomic mass is 10.2. The van der Waals surface area contributed by atoms with Crippen molar-refractivity contribution >= 4 is 11.7 Å². The first-order valence-corrected chi connectivity index (χ1v) is 7.44. The number of aliphatic hydroxyl groups is 1. The molecule has 0 bridgehead atoms. The van der Waals surface area contributed by atoms with Crippen molar-refractivity contribution in [1.29, 1.82) is 0 Å². The van der Waals surface area contributed by atoms with Crippen molar-refractivity contribution in [3.05, 3.63) is 42.7 Å². The van der Waals surface area contributed by atoms with Crippen LogP contribution in [0.5, 0.6) is 0 Å². The number of carbonyl (C=O) groups is 1. The summed E-state index contributed by atoms with van der Waals surface area (Å²) in [4.78, 5) is 13.8. The molecule has 1 fully saturated rings. The largest absolute Gasteiger partial charge is 0.391 e. The standard InChI is InChI=1S/C16H20N4O2/c1-19(11-15(21)12-7-8-12)16(22)18-13-5-2-3-6-14(13)20-10-4-9-17-20/h2-6,9-10,12,15,21H,7-8,11H2,1H3,(H,18,22). The van der Waals surface area contributed by atoms with Crippen LogP contribution in [-0.4, -0.2) is 45.5 Å². The highest BCUT2D eigenvalue weighted by molar-refractivity contribution is 5.91. The molecule has 1 heterocycles. The van der Waals surface area contributed by atoms with Crippen LogP contribution in [0.2, 0.25) is 0 Å². The fourth-order valence-electron chi connectivity index (χ4n) is 2.39. The van der Waals surface area contributed by atoms with Gasteiger partial charge < -0.3 is 15.3 Å². The molecule has 1 aliphatic rings. The topological polar surface area (TPSA) is 70.4 Å². The van der Waals surface area contributed by atoms with E-state index in [0.717, 1.165) is 18.5 Å². The third kappa shape index (κ3) is 3.28. The van der Waals surface area contributed by atoms with Gasteiger partial charge in [-0.3, -0.25) is 0 Å². The van der Waals surface area contributed by atoms with Gasteiger partial charge in [0.1, 0.15) is 0 Å². The summed E-state index contributed by atoms with van der Waals surface area (Å²) in [5.41, 5.74) is 1.49. The number of nitrogens with zero attached hydrogens (tertiary/aromatic N) is 3. The Morgan fingerprint density at radius 2 is 2.23 bits per heavy atom. The first-order chi connectivity index (χ1) is 10.6. The van der Waals surface area contributed by atoms with Crippen molar-refractivity contribution in [2.24, 2.45) is 5.92 Å². The number of amides is 2. The number of hydrogen-bond acceptors (Lipinski definition) is 3. The lowest BCUT2D eigenvalue weighted by Gasteiger charge is -2.22. The molecule has 2 N–H and O–H groups in total. The van der Waals surface area contributed by atoms with Crippen LogP contribution in [0.15, 0.2) is 42.7 Å². The van der Waals surface area contributed by atoms with Gasteiger partial charge in [-0.05, 0) is 37.0 Å². The summed E-state index contributed by atoms with van der Waals surface area (Å²) in [6, 6.07) is 9.08. The Morgan fingerprint density at radius 3 is 2.91 bits per heavy atom. The summed E-state index contributed by atoms with van der Waals surface area (Å²) in [5.74, 6) is 0.353. The van der Waals surface area contributed by atoms with Crippen molar-refractivity contribution in [2.45, 2.75) is 18.9 Å². The highest BCUT2D eigenvalue weighted by Crippen LogP contribution is 2.32. The van der Waals surface area contributed by atoms with E-state index in [1.54, 1.807) is 17.9 Å². The van der Waals surface area contributed by atoms with Gasteiger partial charge in [-0.1, -0.05) is 12.1 Å². The normalized spacial score (nSPS) is 15.4. The zero-order chi connectivity index (χ0) is 15.5. The summed E-state index contributed by atoms with van der Waals surface area (Å²) in [6.07, 6.45) is 5.19. The summed E-state index contributed by atoms with van der Waals surface area (Å²) in [5, 5.41) is 17.0. The number of urea groups is 1. The minimum absolute atomic E-state index is 0.237. The number of nitrogens with one attached hydrogen (secondary N) is 1. The fraction of sp³-hybridized carbons (Fsp3) is 0.375. The number of carbonyl (C=O) groups excluding carboxylic acids is 1. The number of likely N-dealkylation sites (N-methyl/N-ethyl adjacent to an activating group) is 1. The predicted molar refractivity (Wildman–Crippen MR) is 83.9 cm³/mol. The van der Waals surface area contributed by atoms with E-state index in [0.29, 0.717) is 18.2 Å². The second kappa shape index (κ2) is 6.19. The molecule has 3 rings (SSSR count). The second-order valence-electron chi connectivity index (χ2n) is 5.68. The number of hydrogen-bond donors (Lipinski definition) is 2. The minimum Gasteiger partial charge on any atom is -0.391 e. The van der Waals surface area contributed by atoms with Crippen LogP contribution in [0.4, 0.5) is 10.5 Å². The Kier molecular flexibility index (Phi) is 4.11. The van der Waals surface area contributed by atoms with Crippen molar-refractivity contribution < 1.29 is 9.90 Å². The molecule has 116 valence electrons. The van der Waals surface area contributed by atoms with Gasteiger partial charge >= 0.3 is 6.03 Å². The predicted octanol–water partition coefficient (Wildman–Crippen LogP) is 2.11. The molecule has 1 unspecified atom stereocenters. The maximum absolute atomic E-state index is 12.3. The van der Waals surface area contributed by atoms with Gasteiger partial charge in [-0.25, -0.2) is 9.48 Å². The van der Waals surface area contributed by atoms with E-state index < -0.39 is 6.10 Å². The molecule has 1 aromatic carbocycles. The maximum Gasteiger partial charge on any atom is 0.321 e. The third-order valence-electron chi connectivity index (χ3n) is 3.87. The summed E-state index contributed by atoms with van der Waals surface area (Å²) >= 11 is 0. The molecule has 1 aromatic heterocycles. The number of aromatic nitrogens is 2. The molecule has 1 atom stereocenters. The van der Waals surface area contributed by atoms with E-state index >= 15 is 0 Å². The smallest absolute Gasteiger partial charge is 0.321 e. The molecule has 0 aliphatic heterocycles. The Morgan fingerprint density at radius 1 is 1.45 bits per heavy atom. The third-order valence-corrected chi connectivity index (χ3v) is 3.87. The van der Waals surface area contributed by atoms with E-state index in [9.17, 15) is 9.90 Å². The van der Waals surface area contributed by atoms with Crippen LogP contribution < -0.4 is 5.32 Å². The zero-order valence-electron chi connectivity index (χ0n) is 12.5. The van der Waals surface area contributed by atoms with Crippen LogP contribution in [0, 0.1) is 5.92 Å². The molecular formula is C16H20N4O2. The highest BCUT2D eigenvalue weighted by atomic mass is 16.3. The molecule has 0 radical (unpaired) electrons. The van der Waals surface area contributed by atoms with Gasteiger partial charge in [0.2, 0.25) is 0 Å². The average molecular weight is 300 g/mol. The molecule has 1 aliphatic carbocycles. The van der Waals surface area contributed by atoms with Gasteiger partial charge in [-0.15, -0.1) is 0 Å². The molecule has 0 spiro atoms. The molecule has 2 aromatic rings. The van der Waals surface area contributed by atoms with Crippen molar-refractivity contribution in [3.63, 3.8) is 0 Å². The summed E-state index contributed by atoms with van der Waals surface area (Å²) < 4.78 is 1.70. The van der Waals surface area contributed by atoms with Crippen LogP contribution in [0.25, 0.3) is 5.69 Å². The van der Waals surface area contributed by atoms with Gasteiger partial charge in [0, 0.05) is 26.0 Å². The quantitative estimate of drug-likeness (QED) is 0.888. The fourth-order valence-corrected chi connectivity index (χ4v) is 2.39. The molecule has 0 saturated heterocycles. The lowest BCUT2D eigenvalue weighted by molar-refractivity contribution is 0.117. The Bertz CT molecular complexity index is 637. The number of benzene rings is 1. The van der Waals surface area contributed by atoms with Crippen LogP contribution in [-0.2, 0) is 0 Å². The molecule has 6 heteroatoms. The van der Waals surface area contributed by atoms with E-state index in [-0.39, 0.29) is 6.03 Å². The highest BCUT2D eigenvalue weighted by Gasteiger charge is 2.31. The first kappa shape index (κ1) is 14.6. The Balaban J connectivity index is 1.68. The van der Waals surface area contributed by atoms with Gasteiger partial charge in [0.15, 0.2) is 0 Å². The number of para-hydroxylation sites is 2. The number of aliphatic hydroxyl groups excluding tert-OH is 1. The molecule has 6 nitrogen and oxygen atoms in total. The Hall–Kier alpha value is -2.34. The number of rotatable bonds is 5. The van der Waals surface area contributed by atoms with Crippen LogP contribution in [0.1, 0.15) is 12.8 Å². The minimum atomic E-state index is -0.433. The monoisotopic (exact) mass is 300 g/mol. The molecular weight excluding hydrogens is 280 g/mol. The van der Waals surface area contributed by atoms with E-state index in [2.05, 4.69) is 10.4 Å². The van der Waals surface area contributed by atoms with Gasteiger partial charge in [0.05, 0.1) is 17.5 Å². The summed E-state index contributed by atoms with van der Waals surface area (Å²) in [6.45, 7) is 0.348. The number of anilines is 1. The van der Waals surface area contributed by atoms with Crippen molar-refractivity contribution in [1.82, 2.24) is 14.7 Å². The lowest BCUT2D eigenvalue weighted by Crippen LogP contribution is -2.38. The van der Waals surface area contributed by atoms with E-state index in [1.807, 2.05) is 36.5 Å². The first-order valence-electron chi connectivity index (χ1n) is 7.44. The van der Waals surface area contributed by atoms with Crippen molar-refractivity contribution in [2.75, 3.05) is 18.9 Å². The molecule has 2 amide bonds. The van der Waals surface area contributed by atoms with Gasteiger partial charge in [-0.2, -0.15) is 5.10 Å². The molecule has 1 saturated carbocycles. The van der Waals surface area contributed by atoms with E-state index in [1.165, 1.54) is 4.90 Å². The van der Waals surface area contributed by atoms with Crippen LogP contribution >= 0.6 is 0 Å². The van der Waals surface area contributed by atoms with Crippen LogP contribution in [0.3, 0.4) is 0 Å². The second-order valence-corrected chi connectivity index (χ2v) is 5.68. The zero-order valence-corrected chi connectivity index (χ0v) is 12.5. The maximum atomic E-state index is 12.3. The van der Waals surface area contributed by atoms with Crippen molar-refractivity contribution in [3.8, 4) is 5.69 Å². The summed E-state index contributed by atoms with van der Waals surface area (Å²) in [7, 11) is 1.69. The molecule has 22 heavy (non-hydrogen) atoms. The SMILES string of the molecule is CN(CC(O)C1CC1)C(=O)Nc1ccccc1-n1cccn1. The Labute approximate surface area is 129 Å². The van der Waals surface area contributed by atoms with Gasteiger partial charge in [0.25, 0.3) is 0 Å². The average Bonchev–Trinajstić information content (AvgIpc) is 3.23.